The van der Waals surface area contributed by atoms with E-state index in [2.05, 4.69) is 0 Å². The Kier molecular flexibility index (Phi) is 4.04. The Hall–Kier alpha value is -2.04. The Labute approximate surface area is 111 Å². The number of carbonyl (C=O) groups excluding carboxylic acids is 1. The number of carbonyl (C=O) groups is 2. The first-order valence-corrected chi connectivity index (χ1v) is 6.23. The predicted octanol–water partition coefficient (Wildman–Crippen LogP) is 2.04. The summed E-state index contributed by atoms with van der Waals surface area (Å²) in [6, 6.07) is 7.89. The third kappa shape index (κ3) is 3.71. The Morgan fingerprint density at radius 3 is 2.74 bits per heavy atom. The topological polar surface area (TPSA) is 66.8 Å². The summed E-state index contributed by atoms with van der Waals surface area (Å²) in [5.74, 6) is -1.00. The molecule has 1 N–H and O–H groups in total. The van der Waals surface area contributed by atoms with E-state index in [9.17, 15) is 9.59 Å². The second-order valence-corrected chi connectivity index (χ2v) is 4.91. The van der Waals surface area contributed by atoms with Crippen molar-refractivity contribution in [1.29, 1.82) is 0 Å². The Balaban J connectivity index is 1.99. The minimum atomic E-state index is -0.863. The number of hydrogen-bond acceptors (Lipinski definition) is 3. The van der Waals surface area contributed by atoms with E-state index in [4.69, 9.17) is 9.84 Å². The first-order chi connectivity index (χ1) is 9.04. The number of aryl methyl sites for hydroxylation is 1. The first-order valence-electron chi connectivity index (χ1n) is 6.23. The Bertz CT molecular complexity index is 469. The number of cyclic esters (lactones) is 1. The van der Waals surface area contributed by atoms with Gasteiger partial charge in [-0.3, -0.25) is 4.79 Å². The van der Waals surface area contributed by atoms with Gasteiger partial charge in [-0.15, -0.1) is 0 Å². The molecule has 2 rings (SSSR count). The van der Waals surface area contributed by atoms with Gasteiger partial charge in [-0.2, -0.15) is 0 Å². The molecule has 1 aliphatic rings. The lowest BCUT2D eigenvalue weighted by Crippen LogP contribution is -2.43. The van der Waals surface area contributed by atoms with Gasteiger partial charge in [0.05, 0.1) is 13.0 Å². The van der Waals surface area contributed by atoms with Crippen molar-refractivity contribution in [3.05, 3.63) is 35.4 Å². The average Bonchev–Trinajstić information content (AvgIpc) is 2.35. The minimum Gasteiger partial charge on any atom is -0.481 e. The van der Waals surface area contributed by atoms with E-state index in [0.29, 0.717) is 13.1 Å². The molecule has 19 heavy (non-hydrogen) atoms. The summed E-state index contributed by atoms with van der Waals surface area (Å²) in [4.78, 5) is 23.9. The maximum Gasteiger partial charge on any atom is 0.410 e. The smallest absolute Gasteiger partial charge is 0.410 e. The zero-order chi connectivity index (χ0) is 13.8. The van der Waals surface area contributed by atoms with Crippen molar-refractivity contribution in [3.63, 3.8) is 0 Å². The maximum absolute atomic E-state index is 11.7. The molecule has 1 amide bonds. The fraction of sp³-hybridized carbons (Fsp3) is 0.429. The quantitative estimate of drug-likeness (QED) is 0.902. The number of amides is 1. The highest BCUT2D eigenvalue weighted by molar-refractivity contribution is 5.70. The summed E-state index contributed by atoms with van der Waals surface area (Å²) in [7, 11) is 0. The molecule has 1 atom stereocenters. The van der Waals surface area contributed by atoms with Crippen molar-refractivity contribution in [2.75, 3.05) is 13.2 Å². The number of benzene rings is 1. The number of aliphatic carboxylic acids is 1. The lowest BCUT2D eigenvalue weighted by atomic mass is 10.0. The number of carboxylic acids is 1. The zero-order valence-corrected chi connectivity index (χ0v) is 10.8. The molecule has 102 valence electrons. The van der Waals surface area contributed by atoms with Gasteiger partial charge in [0, 0.05) is 19.0 Å². The van der Waals surface area contributed by atoms with E-state index in [1.54, 1.807) is 4.90 Å². The summed E-state index contributed by atoms with van der Waals surface area (Å²) >= 11 is 0. The van der Waals surface area contributed by atoms with Crippen LogP contribution in [0.5, 0.6) is 0 Å². The van der Waals surface area contributed by atoms with Gasteiger partial charge in [0.15, 0.2) is 0 Å². The average molecular weight is 263 g/mol. The Morgan fingerprint density at radius 2 is 2.11 bits per heavy atom. The molecule has 0 aliphatic carbocycles. The van der Waals surface area contributed by atoms with Gasteiger partial charge in [-0.25, -0.2) is 4.79 Å². The summed E-state index contributed by atoms with van der Waals surface area (Å²) in [6.07, 6.45) is -0.347. The highest BCUT2D eigenvalue weighted by Gasteiger charge is 2.28. The molecule has 1 saturated heterocycles. The van der Waals surface area contributed by atoms with Gasteiger partial charge in [-0.1, -0.05) is 29.8 Å². The van der Waals surface area contributed by atoms with Gasteiger partial charge in [-0.05, 0) is 12.5 Å². The highest BCUT2D eigenvalue weighted by atomic mass is 16.6. The minimum absolute atomic E-state index is 0.0255. The zero-order valence-electron chi connectivity index (χ0n) is 10.8. The van der Waals surface area contributed by atoms with Gasteiger partial charge < -0.3 is 14.7 Å². The van der Waals surface area contributed by atoms with E-state index >= 15 is 0 Å². The van der Waals surface area contributed by atoms with E-state index < -0.39 is 5.97 Å². The SMILES string of the molecule is Cc1ccc(CN2CC(CC(=O)O)COC2=O)cc1. The van der Waals surface area contributed by atoms with Crippen molar-refractivity contribution >= 4 is 12.1 Å². The second kappa shape index (κ2) is 5.73. The lowest BCUT2D eigenvalue weighted by molar-refractivity contribution is -0.139. The van der Waals surface area contributed by atoms with Gasteiger partial charge in [0.1, 0.15) is 0 Å². The van der Waals surface area contributed by atoms with Crippen LogP contribution in [0.4, 0.5) is 4.79 Å². The molecular weight excluding hydrogens is 246 g/mol. The van der Waals surface area contributed by atoms with Crippen LogP contribution in [-0.2, 0) is 16.1 Å². The third-order valence-electron chi connectivity index (χ3n) is 3.14. The fourth-order valence-corrected chi connectivity index (χ4v) is 2.13. The van der Waals surface area contributed by atoms with E-state index in [-0.39, 0.29) is 25.0 Å². The molecule has 0 radical (unpaired) electrons. The van der Waals surface area contributed by atoms with Crippen LogP contribution >= 0.6 is 0 Å². The number of rotatable bonds is 4. The van der Waals surface area contributed by atoms with Crippen LogP contribution in [-0.4, -0.2) is 35.2 Å². The predicted molar refractivity (Wildman–Crippen MR) is 68.7 cm³/mol. The van der Waals surface area contributed by atoms with Gasteiger partial charge in [0.25, 0.3) is 0 Å². The molecule has 1 aromatic carbocycles. The highest BCUT2D eigenvalue weighted by Crippen LogP contribution is 2.17. The van der Waals surface area contributed by atoms with Gasteiger partial charge >= 0.3 is 12.1 Å². The molecule has 1 aromatic rings. The second-order valence-electron chi connectivity index (χ2n) is 4.91. The number of hydrogen-bond donors (Lipinski definition) is 1. The van der Waals surface area contributed by atoms with Crippen molar-refractivity contribution < 1.29 is 19.4 Å². The molecule has 1 aliphatic heterocycles. The molecule has 0 saturated carbocycles. The van der Waals surface area contributed by atoms with Crippen molar-refractivity contribution in [1.82, 2.24) is 4.90 Å². The fourth-order valence-electron chi connectivity index (χ4n) is 2.13. The third-order valence-corrected chi connectivity index (χ3v) is 3.14. The Morgan fingerprint density at radius 1 is 1.42 bits per heavy atom. The summed E-state index contributed by atoms with van der Waals surface area (Å²) in [6.45, 7) is 3.08. The van der Waals surface area contributed by atoms with Crippen LogP contribution < -0.4 is 0 Å². The molecule has 0 spiro atoms. The van der Waals surface area contributed by atoms with Crippen LogP contribution in [0.15, 0.2) is 24.3 Å². The number of ether oxygens (including phenoxy) is 1. The van der Waals surface area contributed by atoms with Crippen LogP contribution in [0.25, 0.3) is 0 Å². The molecule has 1 heterocycles. The van der Waals surface area contributed by atoms with Crippen molar-refractivity contribution in [3.8, 4) is 0 Å². The summed E-state index contributed by atoms with van der Waals surface area (Å²) in [5.41, 5.74) is 2.17. The van der Waals surface area contributed by atoms with E-state index in [0.717, 1.165) is 11.1 Å². The molecule has 0 aromatic heterocycles. The van der Waals surface area contributed by atoms with Crippen LogP contribution in [0.1, 0.15) is 17.5 Å². The largest absolute Gasteiger partial charge is 0.481 e. The summed E-state index contributed by atoms with van der Waals surface area (Å²) < 4.78 is 5.02. The van der Waals surface area contributed by atoms with E-state index in [1.165, 1.54) is 0 Å². The first kappa shape index (κ1) is 13.4. The van der Waals surface area contributed by atoms with Crippen LogP contribution in [0.2, 0.25) is 0 Å². The molecular formula is C14H17NO4. The standard InChI is InChI=1S/C14H17NO4/c1-10-2-4-11(5-3-10)7-15-8-12(6-13(16)17)9-19-14(15)18/h2-5,12H,6-9H2,1H3,(H,16,17). The van der Waals surface area contributed by atoms with Gasteiger partial charge in [0.2, 0.25) is 0 Å². The normalized spacial score (nSPS) is 19.1. The van der Waals surface area contributed by atoms with E-state index in [1.807, 2.05) is 31.2 Å². The lowest BCUT2D eigenvalue weighted by Gasteiger charge is -2.31. The molecule has 0 bridgehead atoms. The molecule has 5 heteroatoms. The molecule has 1 fully saturated rings. The molecule has 1 unspecified atom stereocenters. The number of carboxylic acid groups (broad SMARTS) is 1. The van der Waals surface area contributed by atoms with Crippen LogP contribution in [0.3, 0.4) is 0 Å². The van der Waals surface area contributed by atoms with Crippen molar-refractivity contribution in [2.24, 2.45) is 5.92 Å². The molecule has 5 nitrogen and oxygen atoms in total. The van der Waals surface area contributed by atoms with Crippen molar-refractivity contribution in [2.45, 2.75) is 19.9 Å². The van der Waals surface area contributed by atoms with Crippen LogP contribution in [0, 0.1) is 12.8 Å². The maximum atomic E-state index is 11.7. The monoisotopic (exact) mass is 263 g/mol. The summed E-state index contributed by atoms with van der Waals surface area (Å²) in [5, 5.41) is 8.78. The number of nitrogens with zero attached hydrogens (tertiary/aromatic N) is 1.